The van der Waals surface area contributed by atoms with Gasteiger partial charge in [0.25, 0.3) is 0 Å². The number of anilines is 2. The topological polar surface area (TPSA) is 136 Å². The summed E-state index contributed by atoms with van der Waals surface area (Å²) in [5.74, 6) is 1.22. The van der Waals surface area contributed by atoms with E-state index in [1.165, 1.54) is 7.11 Å². The molecule has 0 spiro atoms. The van der Waals surface area contributed by atoms with E-state index in [0.29, 0.717) is 24.3 Å². The zero-order valence-electron chi connectivity index (χ0n) is 28.0. The highest BCUT2D eigenvalue weighted by Crippen LogP contribution is 2.33. The number of carbonyl (C=O) groups is 1. The molecule has 2 amide bonds. The Labute approximate surface area is 271 Å². The van der Waals surface area contributed by atoms with Crippen LogP contribution < -0.4 is 20.3 Å². The van der Waals surface area contributed by atoms with E-state index in [1.54, 1.807) is 18.6 Å². The summed E-state index contributed by atoms with van der Waals surface area (Å²) < 4.78 is 7.02. The van der Waals surface area contributed by atoms with Crippen LogP contribution in [-0.2, 0) is 5.41 Å². The molecule has 4 aromatic rings. The Balaban J connectivity index is 1.30. The van der Waals surface area contributed by atoms with Crippen molar-refractivity contribution >= 4 is 17.8 Å². The van der Waals surface area contributed by atoms with Crippen molar-refractivity contribution in [3.05, 3.63) is 54.7 Å². The molecule has 0 atom stereocenters. The average Bonchev–Trinajstić information content (AvgIpc) is 3.56. The first-order valence-electron chi connectivity index (χ1n) is 16.2. The first-order valence-corrected chi connectivity index (χ1v) is 16.2. The van der Waals surface area contributed by atoms with Crippen LogP contribution in [0.1, 0.15) is 85.3 Å². The maximum absolute atomic E-state index is 13.4. The number of nitrogens with one attached hydrogen (secondary N) is 2. The summed E-state index contributed by atoms with van der Waals surface area (Å²) in [5, 5.41) is 11.4. The van der Waals surface area contributed by atoms with Crippen LogP contribution in [0.3, 0.4) is 0 Å². The quantitative estimate of drug-likeness (QED) is 0.204. The van der Waals surface area contributed by atoms with Gasteiger partial charge in [-0.1, -0.05) is 27.7 Å². The van der Waals surface area contributed by atoms with E-state index >= 15 is 0 Å². The van der Waals surface area contributed by atoms with Gasteiger partial charge in [-0.3, -0.25) is 9.58 Å². The normalized spacial score (nSPS) is 16.7. The van der Waals surface area contributed by atoms with Crippen molar-refractivity contribution in [2.75, 3.05) is 23.9 Å². The second-order valence-corrected chi connectivity index (χ2v) is 13.1. The van der Waals surface area contributed by atoms with Crippen molar-refractivity contribution in [1.82, 2.24) is 40.0 Å². The summed E-state index contributed by atoms with van der Waals surface area (Å²) in [6.45, 7) is 13.4. The molecule has 0 radical (unpaired) electrons. The van der Waals surface area contributed by atoms with Gasteiger partial charge in [-0.05, 0) is 69.6 Å². The molecule has 12 nitrogen and oxygen atoms in total. The lowest BCUT2D eigenvalue weighted by Gasteiger charge is -2.36. The standard InChI is InChI=1S/C34H46N10O2/c1-8-16-35-33(45)44(29-14-9-23(18-36-29)24-19-38-32(46-7)39-20-24)26-12-10-25(11-13-26)40-31-37-21-27(34(4,5)6)30(41-31)28-15-17-43(42-28)22(2)3/h9,14-15,17-22,25-26H,8,10-13,16H2,1-7H3,(H,35,45)(H,37,40,41). The highest BCUT2D eigenvalue weighted by molar-refractivity contribution is 5.91. The van der Waals surface area contributed by atoms with Crippen LogP contribution in [-0.4, -0.2) is 66.5 Å². The monoisotopic (exact) mass is 626 g/mol. The van der Waals surface area contributed by atoms with Gasteiger partial charge in [0, 0.05) is 72.3 Å². The molecule has 4 heterocycles. The zero-order valence-corrected chi connectivity index (χ0v) is 28.0. The number of ether oxygens (including phenoxy) is 1. The molecule has 0 bridgehead atoms. The first-order chi connectivity index (χ1) is 22.1. The van der Waals surface area contributed by atoms with Gasteiger partial charge in [-0.25, -0.2) is 29.7 Å². The number of hydrogen-bond acceptors (Lipinski definition) is 9. The number of hydrogen-bond donors (Lipinski definition) is 2. The van der Waals surface area contributed by atoms with Gasteiger partial charge in [0.15, 0.2) is 0 Å². The molecule has 0 aromatic carbocycles. The van der Waals surface area contributed by atoms with Crippen LogP contribution in [0.15, 0.2) is 49.2 Å². The third-order valence-electron chi connectivity index (χ3n) is 8.26. The van der Waals surface area contributed by atoms with E-state index in [-0.39, 0.29) is 29.6 Å². The number of amides is 2. The number of pyridine rings is 1. The third-order valence-corrected chi connectivity index (χ3v) is 8.26. The van der Waals surface area contributed by atoms with Gasteiger partial charge in [-0.2, -0.15) is 5.10 Å². The predicted molar refractivity (Wildman–Crippen MR) is 180 cm³/mol. The van der Waals surface area contributed by atoms with E-state index in [9.17, 15) is 4.79 Å². The second-order valence-electron chi connectivity index (χ2n) is 13.1. The highest BCUT2D eigenvalue weighted by Gasteiger charge is 2.31. The largest absolute Gasteiger partial charge is 0.467 e. The maximum atomic E-state index is 13.4. The van der Waals surface area contributed by atoms with Crippen LogP contribution in [0.5, 0.6) is 6.01 Å². The number of rotatable bonds is 10. The number of nitrogens with zero attached hydrogens (tertiary/aromatic N) is 8. The Bertz CT molecular complexity index is 1590. The molecule has 12 heteroatoms. The molecule has 1 aliphatic carbocycles. The number of urea groups is 1. The van der Waals surface area contributed by atoms with Crippen LogP contribution in [0.25, 0.3) is 22.5 Å². The molecule has 5 rings (SSSR count). The summed E-state index contributed by atoms with van der Waals surface area (Å²) in [5.41, 5.74) is 4.31. The maximum Gasteiger partial charge on any atom is 0.323 e. The summed E-state index contributed by atoms with van der Waals surface area (Å²) in [4.78, 5) is 38.0. The fourth-order valence-electron chi connectivity index (χ4n) is 5.65. The molecular formula is C34H46N10O2. The Kier molecular flexibility index (Phi) is 10.1. The molecule has 244 valence electrons. The van der Waals surface area contributed by atoms with Crippen molar-refractivity contribution in [3.63, 3.8) is 0 Å². The molecule has 46 heavy (non-hydrogen) atoms. The summed E-state index contributed by atoms with van der Waals surface area (Å²) in [6.07, 6.45) is 13.3. The summed E-state index contributed by atoms with van der Waals surface area (Å²) in [6, 6.07) is 6.50. The van der Waals surface area contributed by atoms with Crippen LogP contribution >= 0.6 is 0 Å². The fraction of sp³-hybridized carbons (Fsp3) is 0.500. The average molecular weight is 627 g/mol. The molecule has 0 unspecified atom stereocenters. The molecule has 0 aliphatic heterocycles. The molecule has 2 N–H and O–H groups in total. The molecule has 1 aliphatic rings. The van der Waals surface area contributed by atoms with Crippen molar-refractivity contribution in [3.8, 4) is 28.5 Å². The van der Waals surface area contributed by atoms with E-state index in [0.717, 1.165) is 60.2 Å². The van der Waals surface area contributed by atoms with Gasteiger partial charge in [0.05, 0.1) is 12.8 Å². The molecule has 1 saturated carbocycles. The predicted octanol–water partition coefficient (Wildman–Crippen LogP) is 6.43. The SMILES string of the molecule is CCCNC(=O)N(c1ccc(-c2cnc(OC)nc2)cn1)C1CCC(Nc2ncc(C(C)(C)C)c(-c3ccn(C(C)C)n3)n2)CC1. The van der Waals surface area contributed by atoms with Gasteiger partial charge < -0.3 is 15.4 Å². The smallest absolute Gasteiger partial charge is 0.323 e. The Morgan fingerprint density at radius 2 is 1.72 bits per heavy atom. The van der Waals surface area contributed by atoms with Crippen molar-refractivity contribution in [2.45, 2.75) is 97.2 Å². The van der Waals surface area contributed by atoms with Gasteiger partial charge >= 0.3 is 12.0 Å². The molecule has 4 aromatic heterocycles. The Hall–Kier alpha value is -4.61. The van der Waals surface area contributed by atoms with Crippen LogP contribution in [0.4, 0.5) is 16.6 Å². The van der Waals surface area contributed by atoms with E-state index in [2.05, 4.69) is 55.2 Å². The second kappa shape index (κ2) is 14.2. The minimum atomic E-state index is -0.135. The minimum Gasteiger partial charge on any atom is -0.467 e. The Morgan fingerprint density at radius 1 is 1.00 bits per heavy atom. The van der Waals surface area contributed by atoms with Gasteiger partial charge in [0.2, 0.25) is 5.95 Å². The van der Waals surface area contributed by atoms with Crippen LogP contribution in [0.2, 0.25) is 0 Å². The van der Waals surface area contributed by atoms with Crippen LogP contribution in [0, 0.1) is 0 Å². The third kappa shape index (κ3) is 7.60. The van der Waals surface area contributed by atoms with Crippen molar-refractivity contribution in [1.29, 1.82) is 0 Å². The highest BCUT2D eigenvalue weighted by atomic mass is 16.5. The Morgan fingerprint density at radius 3 is 2.30 bits per heavy atom. The zero-order chi connectivity index (χ0) is 32.8. The molecule has 0 saturated heterocycles. The van der Waals surface area contributed by atoms with Gasteiger partial charge in [-0.15, -0.1) is 0 Å². The lowest BCUT2D eigenvalue weighted by atomic mass is 9.86. The molecular weight excluding hydrogens is 580 g/mol. The molecule has 1 fully saturated rings. The fourth-order valence-corrected chi connectivity index (χ4v) is 5.65. The first kappa shape index (κ1) is 32.8. The van der Waals surface area contributed by atoms with Gasteiger partial charge in [0.1, 0.15) is 11.5 Å². The lowest BCUT2D eigenvalue weighted by Crippen LogP contribution is -2.49. The minimum absolute atomic E-state index is 0.0114. The summed E-state index contributed by atoms with van der Waals surface area (Å²) in [7, 11) is 1.53. The number of aromatic nitrogens is 7. The van der Waals surface area contributed by atoms with E-state index < -0.39 is 0 Å². The lowest BCUT2D eigenvalue weighted by molar-refractivity contribution is 0.240. The number of carbonyl (C=O) groups excluding carboxylic acids is 1. The van der Waals surface area contributed by atoms with E-state index in [4.69, 9.17) is 24.8 Å². The van der Waals surface area contributed by atoms with Crippen molar-refractivity contribution in [2.24, 2.45) is 0 Å². The summed E-state index contributed by atoms with van der Waals surface area (Å²) >= 11 is 0. The van der Waals surface area contributed by atoms with E-state index in [1.807, 2.05) is 47.1 Å². The van der Waals surface area contributed by atoms with Crippen molar-refractivity contribution < 1.29 is 9.53 Å². The number of methoxy groups -OCH3 is 1.